The van der Waals surface area contributed by atoms with E-state index in [0.29, 0.717) is 22.8 Å². The number of hydrogen-bond donors (Lipinski definition) is 1. The van der Waals surface area contributed by atoms with E-state index in [1.807, 2.05) is 0 Å². The van der Waals surface area contributed by atoms with Crippen LogP contribution in [-0.2, 0) is 14.8 Å². The highest BCUT2D eigenvalue weighted by Crippen LogP contribution is 2.43. The van der Waals surface area contributed by atoms with Crippen molar-refractivity contribution in [1.82, 2.24) is 4.98 Å². The number of anilines is 3. The summed E-state index contributed by atoms with van der Waals surface area (Å²) in [5.41, 5.74) is 0.497. The van der Waals surface area contributed by atoms with E-state index >= 15 is 0 Å². The monoisotopic (exact) mass is 347 g/mol. The number of sulfonamides is 1. The predicted molar refractivity (Wildman–Crippen MR) is 91.0 cm³/mol. The van der Waals surface area contributed by atoms with Crippen molar-refractivity contribution in [2.24, 2.45) is 0 Å². The SMILES string of the molecule is CC1(C)Oc2cc(NS(C)(=O)=O)ccc2N(c2ccncc2)C1=O. The zero-order valence-corrected chi connectivity index (χ0v) is 14.3. The van der Waals surface area contributed by atoms with Crippen LogP contribution in [0.25, 0.3) is 0 Å². The fraction of sp³-hybridized carbons (Fsp3) is 0.250. The Morgan fingerprint density at radius 1 is 1.17 bits per heavy atom. The lowest BCUT2D eigenvalue weighted by molar-refractivity contribution is -0.131. The third kappa shape index (κ3) is 3.05. The Morgan fingerprint density at radius 2 is 1.83 bits per heavy atom. The zero-order chi connectivity index (χ0) is 17.5. The summed E-state index contributed by atoms with van der Waals surface area (Å²) in [6.45, 7) is 3.34. The van der Waals surface area contributed by atoms with Gasteiger partial charge in [0, 0.05) is 18.5 Å². The Morgan fingerprint density at radius 3 is 2.46 bits per heavy atom. The normalized spacial score (nSPS) is 16.3. The molecule has 0 atom stereocenters. The quantitative estimate of drug-likeness (QED) is 0.920. The average Bonchev–Trinajstić information content (AvgIpc) is 2.48. The topological polar surface area (TPSA) is 88.6 Å². The molecular formula is C16H17N3O4S. The van der Waals surface area contributed by atoms with Crippen LogP contribution in [0.4, 0.5) is 17.1 Å². The summed E-state index contributed by atoms with van der Waals surface area (Å²) in [5, 5.41) is 0. The number of fused-ring (bicyclic) bond motifs is 1. The number of carbonyl (C=O) groups is 1. The molecular weight excluding hydrogens is 330 g/mol. The summed E-state index contributed by atoms with van der Waals surface area (Å²) in [4.78, 5) is 18.3. The Bertz CT molecular complexity index is 895. The minimum absolute atomic E-state index is 0.218. The maximum absolute atomic E-state index is 12.8. The van der Waals surface area contributed by atoms with E-state index in [1.165, 1.54) is 0 Å². The molecule has 0 radical (unpaired) electrons. The lowest BCUT2D eigenvalue weighted by atomic mass is 10.0. The molecule has 0 unspecified atom stereocenters. The molecule has 1 aromatic carbocycles. The molecule has 2 heterocycles. The largest absolute Gasteiger partial charge is 0.476 e. The molecule has 7 nitrogen and oxygen atoms in total. The number of amides is 1. The van der Waals surface area contributed by atoms with Gasteiger partial charge in [-0.3, -0.25) is 19.4 Å². The second kappa shape index (κ2) is 5.48. The van der Waals surface area contributed by atoms with E-state index in [2.05, 4.69) is 9.71 Å². The van der Waals surface area contributed by atoms with Crippen LogP contribution in [0, 0.1) is 0 Å². The number of hydrogen-bond acceptors (Lipinski definition) is 5. The molecule has 1 amide bonds. The Hall–Kier alpha value is -2.61. The van der Waals surface area contributed by atoms with Crippen molar-refractivity contribution >= 4 is 33.0 Å². The van der Waals surface area contributed by atoms with Crippen molar-refractivity contribution in [3.63, 3.8) is 0 Å². The first kappa shape index (κ1) is 16.3. The molecule has 1 aliphatic rings. The molecule has 126 valence electrons. The molecule has 0 bridgehead atoms. The van der Waals surface area contributed by atoms with Gasteiger partial charge < -0.3 is 4.74 Å². The molecule has 1 aromatic heterocycles. The number of nitrogens with one attached hydrogen (secondary N) is 1. The fourth-order valence-corrected chi connectivity index (χ4v) is 3.06. The number of benzene rings is 1. The van der Waals surface area contributed by atoms with Crippen molar-refractivity contribution in [2.45, 2.75) is 19.4 Å². The van der Waals surface area contributed by atoms with E-state index in [9.17, 15) is 13.2 Å². The van der Waals surface area contributed by atoms with Gasteiger partial charge in [-0.1, -0.05) is 0 Å². The fourth-order valence-electron chi connectivity index (χ4n) is 2.50. The summed E-state index contributed by atoms with van der Waals surface area (Å²) in [7, 11) is -3.40. The van der Waals surface area contributed by atoms with Crippen LogP contribution < -0.4 is 14.4 Å². The molecule has 1 aliphatic heterocycles. The van der Waals surface area contributed by atoms with Gasteiger partial charge in [-0.15, -0.1) is 0 Å². The van der Waals surface area contributed by atoms with Crippen LogP contribution in [0.3, 0.4) is 0 Å². The van der Waals surface area contributed by atoms with Gasteiger partial charge in [0.05, 0.1) is 23.3 Å². The second-order valence-electron chi connectivity index (χ2n) is 6.02. The zero-order valence-electron chi connectivity index (χ0n) is 13.5. The van der Waals surface area contributed by atoms with Gasteiger partial charge in [-0.25, -0.2) is 8.42 Å². The molecule has 8 heteroatoms. The smallest absolute Gasteiger partial charge is 0.275 e. The summed E-state index contributed by atoms with van der Waals surface area (Å²) < 4.78 is 31.0. The second-order valence-corrected chi connectivity index (χ2v) is 7.76. The highest BCUT2D eigenvalue weighted by atomic mass is 32.2. The number of aromatic nitrogens is 1. The molecule has 0 fully saturated rings. The van der Waals surface area contributed by atoms with Crippen LogP contribution in [0.2, 0.25) is 0 Å². The van der Waals surface area contributed by atoms with E-state index < -0.39 is 15.6 Å². The van der Waals surface area contributed by atoms with Crippen molar-refractivity contribution in [3.8, 4) is 5.75 Å². The molecule has 3 rings (SSSR count). The molecule has 0 saturated carbocycles. The molecule has 0 spiro atoms. The Labute approximate surface area is 140 Å². The van der Waals surface area contributed by atoms with Gasteiger partial charge in [0.25, 0.3) is 5.91 Å². The minimum Gasteiger partial charge on any atom is -0.476 e. The van der Waals surface area contributed by atoms with Gasteiger partial charge in [-0.2, -0.15) is 0 Å². The van der Waals surface area contributed by atoms with Gasteiger partial charge in [0.15, 0.2) is 5.60 Å². The lowest BCUT2D eigenvalue weighted by Gasteiger charge is -2.38. The summed E-state index contributed by atoms with van der Waals surface area (Å²) in [6, 6.07) is 8.26. The van der Waals surface area contributed by atoms with Gasteiger partial charge in [0.1, 0.15) is 5.75 Å². The number of pyridine rings is 1. The van der Waals surface area contributed by atoms with Gasteiger partial charge in [0.2, 0.25) is 10.0 Å². The van der Waals surface area contributed by atoms with E-state index in [-0.39, 0.29) is 5.91 Å². The number of nitrogens with zero attached hydrogens (tertiary/aromatic N) is 2. The first-order valence-corrected chi connectivity index (χ1v) is 9.12. The van der Waals surface area contributed by atoms with Crippen molar-refractivity contribution in [1.29, 1.82) is 0 Å². The van der Waals surface area contributed by atoms with Crippen LogP contribution in [0.1, 0.15) is 13.8 Å². The van der Waals surface area contributed by atoms with Gasteiger partial charge in [-0.05, 0) is 38.1 Å². The third-order valence-electron chi connectivity index (χ3n) is 3.51. The highest BCUT2D eigenvalue weighted by molar-refractivity contribution is 7.92. The Kier molecular flexibility index (Phi) is 3.71. The number of rotatable bonds is 3. The molecule has 0 saturated heterocycles. The maximum atomic E-state index is 12.8. The molecule has 24 heavy (non-hydrogen) atoms. The van der Waals surface area contributed by atoms with Gasteiger partial charge >= 0.3 is 0 Å². The third-order valence-corrected chi connectivity index (χ3v) is 4.11. The summed E-state index contributed by atoms with van der Waals surface area (Å²) in [6.07, 6.45) is 4.28. The van der Waals surface area contributed by atoms with Crippen molar-refractivity contribution < 1.29 is 17.9 Å². The number of carbonyl (C=O) groups excluding carboxylic acids is 1. The van der Waals surface area contributed by atoms with E-state index in [1.54, 1.807) is 61.5 Å². The average molecular weight is 347 g/mol. The first-order chi connectivity index (χ1) is 11.2. The molecule has 0 aliphatic carbocycles. The highest BCUT2D eigenvalue weighted by Gasteiger charge is 2.41. The van der Waals surface area contributed by atoms with Crippen molar-refractivity contribution in [3.05, 3.63) is 42.7 Å². The molecule has 1 N–H and O–H groups in total. The van der Waals surface area contributed by atoms with Crippen LogP contribution in [-0.4, -0.2) is 31.2 Å². The predicted octanol–water partition coefficient (Wildman–Crippen LogP) is 2.29. The standard InChI is InChI=1S/C16H17N3O4S/c1-16(2)15(20)19(12-6-8-17-9-7-12)13-5-4-11(10-14(13)23-16)18-24(3,21)22/h4-10,18H,1-3H3. The minimum atomic E-state index is -3.40. The maximum Gasteiger partial charge on any atom is 0.275 e. The van der Waals surface area contributed by atoms with Crippen LogP contribution in [0.15, 0.2) is 42.7 Å². The summed E-state index contributed by atoms with van der Waals surface area (Å²) in [5.74, 6) is 0.204. The Balaban J connectivity index is 2.12. The molecule has 2 aromatic rings. The van der Waals surface area contributed by atoms with Crippen LogP contribution in [0.5, 0.6) is 5.75 Å². The lowest BCUT2D eigenvalue weighted by Crippen LogP contribution is -2.50. The number of ether oxygens (including phenoxy) is 1. The summed E-state index contributed by atoms with van der Waals surface area (Å²) >= 11 is 0. The van der Waals surface area contributed by atoms with E-state index in [4.69, 9.17) is 4.74 Å². The van der Waals surface area contributed by atoms with Crippen LogP contribution >= 0.6 is 0 Å². The van der Waals surface area contributed by atoms with Crippen molar-refractivity contribution in [2.75, 3.05) is 15.9 Å². The van der Waals surface area contributed by atoms with E-state index in [0.717, 1.165) is 6.26 Å². The first-order valence-electron chi connectivity index (χ1n) is 7.23.